The second kappa shape index (κ2) is 7.40. The van der Waals surface area contributed by atoms with Gasteiger partial charge in [0.05, 0.1) is 22.5 Å². The molecule has 0 aliphatic rings. The summed E-state index contributed by atoms with van der Waals surface area (Å²) < 4.78 is 6.10. The van der Waals surface area contributed by atoms with Crippen molar-refractivity contribution < 1.29 is 9.21 Å². The van der Waals surface area contributed by atoms with E-state index in [0.29, 0.717) is 34.4 Å². The summed E-state index contributed by atoms with van der Waals surface area (Å²) in [6, 6.07) is 14.5. The third-order valence-electron chi connectivity index (χ3n) is 4.52. The standard InChI is InChI=1S/C22H18N2O3S/c1-13-19(25)17-9-6-10-18(22(26)24-12-16-11-23-14(2)28-16)21(17)27-20(13)15-7-4-3-5-8-15/h3-11H,12H2,1-2H3,(H,24,26). The lowest BCUT2D eigenvalue weighted by molar-refractivity contribution is 0.0952. The molecule has 0 fully saturated rings. The molecule has 28 heavy (non-hydrogen) atoms. The Balaban J connectivity index is 1.77. The third-order valence-corrected chi connectivity index (χ3v) is 5.43. The van der Waals surface area contributed by atoms with Gasteiger partial charge >= 0.3 is 0 Å². The summed E-state index contributed by atoms with van der Waals surface area (Å²) in [6.07, 6.45) is 1.75. The van der Waals surface area contributed by atoms with Crippen LogP contribution in [0.3, 0.4) is 0 Å². The summed E-state index contributed by atoms with van der Waals surface area (Å²) in [6.45, 7) is 4.04. The van der Waals surface area contributed by atoms with Gasteiger partial charge in [-0.1, -0.05) is 36.4 Å². The predicted octanol–water partition coefficient (Wildman–Crippen LogP) is 4.46. The van der Waals surface area contributed by atoms with E-state index in [1.807, 2.05) is 37.3 Å². The number of aromatic nitrogens is 1. The molecule has 5 nitrogen and oxygen atoms in total. The number of nitrogens with one attached hydrogen (secondary N) is 1. The van der Waals surface area contributed by atoms with Gasteiger partial charge in [0.2, 0.25) is 0 Å². The lowest BCUT2D eigenvalue weighted by Gasteiger charge is -2.10. The van der Waals surface area contributed by atoms with Crippen LogP contribution in [0.4, 0.5) is 0 Å². The van der Waals surface area contributed by atoms with Crippen LogP contribution in [-0.4, -0.2) is 10.9 Å². The molecule has 0 spiro atoms. The molecule has 0 saturated heterocycles. The van der Waals surface area contributed by atoms with E-state index in [4.69, 9.17) is 4.42 Å². The van der Waals surface area contributed by atoms with E-state index in [9.17, 15) is 9.59 Å². The molecular formula is C22H18N2O3S. The summed E-state index contributed by atoms with van der Waals surface area (Å²) >= 11 is 1.53. The Morgan fingerprint density at radius 1 is 1.11 bits per heavy atom. The number of hydrogen-bond acceptors (Lipinski definition) is 5. The van der Waals surface area contributed by atoms with Crippen LogP contribution in [0.15, 0.2) is 63.9 Å². The number of thiazole rings is 1. The van der Waals surface area contributed by atoms with Crippen LogP contribution < -0.4 is 10.7 Å². The molecule has 0 radical (unpaired) electrons. The van der Waals surface area contributed by atoms with Crippen LogP contribution in [-0.2, 0) is 6.54 Å². The number of benzene rings is 2. The minimum absolute atomic E-state index is 0.132. The zero-order valence-corrected chi connectivity index (χ0v) is 16.3. The third kappa shape index (κ3) is 3.34. The molecule has 0 unspecified atom stereocenters. The van der Waals surface area contributed by atoms with Crippen molar-refractivity contribution in [1.82, 2.24) is 10.3 Å². The molecule has 2 aromatic carbocycles. The van der Waals surface area contributed by atoms with Crippen molar-refractivity contribution in [3.8, 4) is 11.3 Å². The summed E-state index contributed by atoms with van der Waals surface area (Å²) in [7, 11) is 0. The van der Waals surface area contributed by atoms with Crippen molar-refractivity contribution in [2.75, 3.05) is 0 Å². The maximum Gasteiger partial charge on any atom is 0.255 e. The molecule has 0 aliphatic carbocycles. The van der Waals surface area contributed by atoms with Gasteiger partial charge in [0.25, 0.3) is 5.91 Å². The quantitative estimate of drug-likeness (QED) is 0.558. The van der Waals surface area contributed by atoms with E-state index in [1.54, 1.807) is 31.3 Å². The van der Waals surface area contributed by atoms with E-state index >= 15 is 0 Å². The summed E-state index contributed by atoms with van der Waals surface area (Å²) in [5.41, 5.74) is 1.83. The summed E-state index contributed by atoms with van der Waals surface area (Å²) in [5, 5.41) is 4.23. The van der Waals surface area contributed by atoms with E-state index < -0.39 is 0 Å². The number of nitrogens with zero attached hydrogens (tertiary/aromatic N) is 1. The van der Waals surface area contributed by atoms with Crippen molar-refractivity contribution in [1.29, 1.82) is 0 Å². The lowest BCUT2D eigenvalue weighted by atomic mass is 10.0. The molecule has 2 heterocycles. The van der Waals surface area contributed by atoms with Crippen LogP contribution >= 0.6 is 11.3 Å². The maximum atomic E-state index is 12.9. The first kappa shape index (κ1) is 18.1. The maximum absolute atomic E-state index is 12.9. The van der Waals surface area contributed by atoms with Crippen molar-refractivity contribution in [2.45, 2.75) is 20.4 Å². The molecule has 2 aromatic heterocycles. The van der Waals surface area contributed by atoms with Crippen LogP contribution in [0.2, 0.25) is 0 Å². The monoisotopic (exact) mass is 390 g/mol. The fourth-order valence-electron chi connectivity index (χ4n) is 3.10. The molecule has 6 heteroatoms. The topological polar surface area (TPSA) is 72.2 Å². The van der Waals surface area contributed by atoms with E-state index in [-0.39, 0.29) is 11.3 Å². The lowest BCUT2D eigenvalue weighted by Crippen LogP contribution is -2.23. The number of para-hydroxylation sites is 1. The smallest absolute Gasteiger partial charge is 0.255 e. The molecule has 140 valence electrons. The Morgan fingerprint density at radius 2 is 1.89 bits per heavy atom. The Kier molecular flexibility index (Phi) is 4.79. The molecule has 0 saturated carbocycles. The molecule has 0 bridgehead atoms. The first-order valence-corrected chi connectivity index (χ1v) is 9.67. The number of carbonyl (C=O) groups excluding carboxylic acids is 1. The van der Waals surface area contributed by atoms with Gasteiger partial charge in [-0.15, -0.1) is 11.3 Å². The van der Waals surface area contributed by atoms with Gasteiger partial charge in [0, 0.05) is 22.2 Å². The SMILES string of the molecule is Cc1ncc(CNC(=O)c2cccc3c(=O)c(C)c(-c4ccccc4)oc23)s1. The molecule has 0 aliphatic heterocycles. The number of hydrogen-bond donors (Lipinski definition) is 1. The molecule has 4 rings (SSSR count). The van der Waals surface area contributed by atoms with E-state index in [1.165, 1.54) is 11.3 Å². The Hall–Kier alpha value is -3.25. The fraction of sp³-hybridized carbons (Fsp3) is 0.136. The van der Waals surface area contributed by atoms with E-state index in [2.05, 4.69) is 10.3 Å². The normalized spacial score (nSPS) is 10.9. The Bertz CT molecular complexity index is 1230. The second-order valence-electron chi connectivity index (χ2n) is 6.46. The minimum atomic E-state index is -0.289. The number of fused-ring (bicyclic) bond motifs is 1. The van der Waals surface area contributed by atoms with Crippen LogP contribution in [0.5, 0.6) is 0 Å². The number of aryl methyl sites for hydroxylation is 1. The first-order chi connectivity index (χ1) is 13.5. The molecule has 1 amide bonds. The largest absolute Gasteiger partial charge is 0.455 e. The molecule has 0 atom stereocenters. The minimum Gasteiger partial charge on any atom is -0.455 e. The van der Waals surface area contributed by atoms with Crippen molar-refractivity contribution in [3.05, 3.63) is 86.0 Å². The summed E-state index contributed by atoms with van der Waals surface area (Å²) in [4.78, 5) is 30.8. The van der Waals surface area contributed by atoms with Gasteiger partial charge in [0.15, 0.2) is 11.0 Å². The number of amides is 1. The predicted molar refractivity (Wildman–Crippen MR) is 111 cm³/mol. The first-order valence-electron chi connectivity index (χ1n) is 8.86. The number of rotatable bonds is 4. The van der Waals surface area contributed by atoms with Gasteiger partial charge in [0.1, 0.15) is 5.76 Å². The van der Waals surface area contributed by atoms with Crippen molar-refractivity contribution in [3.63, 3.8) is 0 Å². The Labute approximate surface area is 165 Å². The van der Waals surface area contributed by atoms with Crippen molar-refractivity contribution >= 4 is 28.2 Å². The average Bonchev–Trinajstić information content (AvgIpc) is 3.14. The van der Waals surface area contributed by atoms with Crippen LogP contribution in [0.25, 0.3) is 22.3 Å². The fourth-order valence-corrected chi connectivity index (χ4v) is 3.84. The highest BCUT2D eigenvalue weighted by Gasteiger charge is 2.18. The second-order valence-corrected chi connectivity index (χ2v) is 7.78. The van der Waals surface area contributed by atoms with Crippen LogP contribution in [0, 0.1) is 13.8 Å². The highest BCUT2D eigenvalue weighted by Crippen LogP contribution is 2.27. The van der Waals surface area contributed by atoms with Gasteiger partial charge < -0.3 is 9.73 Å². The summed E-state index contributed by atoms with van der Waals surface area (Å²) in [5.74, 6) is 0.194. The zero-order valence-electron chi connectivity index (χ0n) is 15.5. The van der Waals surface area contributed by atoms with Gasteiger partial charge in [-0.2, -0.15) is 0 Å². The van der Waals surface area contributed by atoms with Gasteiger partial charge in [-0.25, -0.2) is 4.98 Å². The molecular weight excluding hydrogens is 372 g/mol. The highest BCUT2D eigenvalue weighted by molar-refractivity contribution is 7.11. The highest BCUT2D eigenvalue weighted by atomic mass is 32.1. The number of carbonyl (C=O) groups is 1. The van der Waals surface area contributed by atoms with Crippen LogP contribution in [0.1, 0.15) is 25.8 Å². The molecule has 4 aromatic rings. The average molecular weight is 390 g/mol. The van der Waals surface area contributed by atoms with Gasteiger partial charge in [-0.05, 0) is 26.0 Å². The zero-order chi connectivity index (χ0) is 19.7. The van der Waals surface area contributed by atoms with Gasteiger partial charge in [-0.3, -0.25) is 9.59 Å². The molecule has 1 N–H and O–H groups in total. The van der Waals surface area contributed by atoms with E-state index in [0.717, 1.165) is 15.4 Å². The Morgan fingerprint density at radius 3 is 2.61 bits per heavy atom. The van der Waals surface area contributed by atoms with Crippen molar-refractivity contribution in [2.24, 2.45) is 0 Å².